The van der Waals surface area contributed by atoms with Crippen LogP contribution in [0.1, 0.15) is 11.1 Å². The summed E-state index contributed by atoms with van der Waals surface area (Å²) in [7, 11) is 0. The Morgan fingerprint density at radius 3 is 1.50 bits per heavy atom. The number of nitrogens with zero attached hydrogens (tertiary/aromatic N) is 2. The van der Waals surface area contributed by atoms with Crippen molar-refractivity contribution in [1.29, 1.82) is 0 Å². The maximum absolute atomic E-state index is 11.3. The minimum Gasteiger partial charge on any atom is -0.314 e. The molecule has 0 aliphatic heterocycles. The van der Waals surface area contributed by atoms with Gasteiger partial charge in [-0.1, -0.05) is 0 Å². The van der Waals surface area contributed by atoms with Crippen molar-refractivity contribution in [3.63, 3.8) is 0 Å². The highest BCUT2D eigenvalue weighted by Gasteiger charge is 2.00. The molecule has 2 aromatic rings. The Kier molecular flexibility index (Phi) is 3.84. The lowest BCUT2D eigenvalue weighted by Crippen LogP contribution is -2.24. The van der Waals surface area contributed by atoms with E-state index in [1.165, 1.54) is 12.4 Å². The van der Waals surface area contributed by atoms with Gasteiger partial charge in [0.1, 0.15) is 0 Å². The standard InChI is InChI=1S/C10H10N6O4/c17-7-5(1-11-9(19)15-7)3-13-14-4-6-2-12-10(20)16-8(6)18/h1-2H,3-4H2,(H2,11,15,17,19)(H2,12,16,18,20). The summed E-state index contributed by atoms with van der Waals surface area (Å²) in [5, 5.41) is 7.46. The van der Waals surface area contributed by atoms with Crippen molar-refractivity contribution < 1.29 is 0 Å². The highest BCUT2D eigenvalue weighted by molar-refractivity contribution is 5.03. The zero-order chi connectivity index (χ0) is 14.5. The van der Waals surface area contributed by atoms with Crippen molar-refractivity contribution in [2.75, 3.05) is 0 Å². The van der Waals surface area contributed by atoms with Gasteiger partial charge in [-0.15, -0.1) is 0 Å². The van der Waals surface area contributed by atoms with Gasteiger partial charge in [0, 0.05) is 12.4 Å². The Labute approximate surface area is 109 Å². The summed E-state index contributed by atoms with van der Waals surface area (Å²) >= 11 is 0. The number of hydrogen-bond donors (Lipinski definition) is 4. The Morgan fingerprint density at radius 1 is 0.750 bits per heavy atom. The van der Waals surface area contributed by atoms with Gasteiger partial charge in [-0.2, -0.15) is 10.2 Å². The third-order valence-electron chi connectivity index (χ3n) is 2.37. The molecule has 2 heterocycles. The summed E-state index contributed by atoms with van der Waals surface area (Å²) in [6, 6.07) is 0. The maximum Gasteiger partial charge on any atom is 0.325 e. The molecule has 0 radical (unpaired) electrons. The van der Waals surface area contributed by atoms with Crippen LogP contribution in [-0.2, 0) is 13.1 Å². The number of rotatable bonds is 4. The average molecular weight is 278 g/mol. The number of aromatic amines is 4. The molecule has 0 unspecified atom stereocenters. The molecule has 0 atom stereocenters. The molecule has 0 aliphatic rings. The van der Waals surface area contributed by atoms with Crippen LogP contribution >= 0.6 is 0 Å². The summed E-state index contributed by atoms with van der Waals surface area (Å²) in [5.41, 5.74) is -1.82. The highest BCUT2D eigenvalue weighted by Crippen LogP contribution is 1.94. The molecular formula is C10H10N6O4. The molecule has 10 heteroatoms. The zero-order valence-electron chi connectivity index (χ0n) is 10.1. The molecule has 104 valence electrons. The topological polar surface area (TPSA) is 156 Å². The second-order valence-corrected chi connectivity index (χ2v) is 3.79. The van der Waals surface area contributed by atoms with Crippen molar-refractivity contribution >= 4 is 0 Å². The van der Waals surface area contributed by atoms with Crippen LogP contribution in [0, 0.1) is 0 Å². The van der Waals surface area contributed by atoms with E-state index in [2.05, 4.69) is 20.2 Å². The molecule has 10 nitrogen and oxygen atoms in total. The molecule has 0 spiro atoms. The molecule has 0 amide bonds. The van der Waals surface area contributed by atoms with Crippen LogP contribution in [0.5, 0.6) is 0 Å². The first-order valence-electron chi connectivity index (χ1n) is 5.51. The van der Waals surface area contributed by atoms with E-state index < -0.39 is 22.5 Å². The fourth-order valence-electron chi connectivity index (χ4n) is 1.36. The van der Waals surface area contributed by atoms with Crippen molar-refractivity contribution in [1.82, 2.24) is 19.9 Å². The van der Waals surface area contributed by atoms with Crippen molar-refractivity contribution in [3.05, 3.63) is 65.2 Å². The summed E-state index contributed by atoms with van der Waals surface area (Å²) in [6.07, 6.45) is 2.49. The lowest BCUT2D eigenvalue weighted by molar-refractivity contribution is 0.815. The molecule has 0 fully saturated rings. The van der Waals surface area contributed by atoms with Gasteiger partial charge in [0.25, 0.3) is 11.1 Å². The number of nitrogens with one attached hydrogen (secondary N) is 4. The Hall–Kier alpha value is -3.04. The molecule has 0 saturated heterocycles. The van der Waals surface area contributed by atoms with Gasteiger partial charge in [-0.05, 0) is 0 Å². The molecule has 4 N–H and O–H groups in total. The van der Waals surface area contributed by atoms with Gasteiger partial charge in [0.15, 0.2) is 0 Å². The van der Waals surface area contributed by atoms with Crippen molar-refractivity contribution in [2.24, 2.45) is 10.2 Å². The van der Waals surface area contributed by atoms with E-state index in [0.29, 0.717) is 0 Å². The van der Waals surface area contributed by atoms with E-state index in [4.69, 9.17) is 0 Å². The van der Waals surface area contributed by atoms with E-state index in [0.717, 1.165) is 0 Å². The summed E-state index contributed by atoms with van der Waals surface area (Å²) < 4.78 is 0. The fourth-order valence-corrected chi connectivity index (χ4v) is 1.36. The van der Waals surface area contributed by atoms with Crippen LogP contribution in [0.25, 0.3) is 0 Å². The SMILES string of the molecule is O=c1[nH]cc(CN=NCc2c[nH]c(=O)[nH]c2=O)c(=O)[nH]1. The van der Waals surface area contributed by atoms with Crippen molar-refractivity contribution in [3.8, 4) is 0 Å². The van der Waals surface area contributed by atoms with Crippen LogP contribution in [0.15, 0.2) is 41.8 Å². The Morgan fingerprint density at radius 2 is 1.15 bits per heavy atom. The predicted octanol–water partition coefficient (Wildman–Crippen LogP) is -1.41. The van der Waals surface area contributed by atoms with Crippen LogP contribution < -0.4 is 22.5 Å². The largest absolute Gasteiger partial charge is 0.325 e. The number of aromatic nitrogens is 4. The quantitative estimate of drug-likeness (QED) is 0.507. The van der Waals surface area contributed by atoms with Crippen LogP contribution in [0.4, 0.5) is 0 Å². The van der Waals surface area contributed by atoms with Gasteiger partial charge < -0.3 is 9.97 Å². The van der Waals surface area contributed by atoms with E-state index in [1.807, 2.05) is 9.97 Å². The van der Waals surface area contributed by atoms with Gasteiger partial charge in [0.2, 0.25) is 0 Å². The molecule has 0 bridgehead atoms. The van der Waals surface area contributed by atoms with Crippen LogP contribution in [0.2, 0.25) is 0 Å². The third kappa shape index (κ3) is 3.25. The smallest absolute Gasteiger partial charge is 0.314 e. The maximum atomic E-state index is 11.3. The molecular weight excluding hydrogens is 268 g/mol. The predicted molar refractivity (Wildman–Crippen MR) is 67.6 cm³/mol. The van der Waals surface area contributed by atoms with Gasteiger partial charge in [-0.3, -0.25) is 19.6 Å². The number of hydrogen-bond acceptors (Lipinski definition) is 6. The normalized spacial score (nSPS) is 11.0. The molecule has 2 aromatic heterocycles. The lowest BCUT2D eigenvalue weighted by atomic mass is 10.3. The third-order valence-corrected chi connectivity index (χ3v) is 2.37. The van der Waals surface area contributed by atoms with E-state index in [1.54, 1.807) is 0 Å². The molecule has 0 aromatic carbocycles. The fraction of sp³-hybridized carbons (Fsp3) is 0.200. The van der Waals surface area contributed by atoms with E-state index >= 15 is 0 Å². The zero-order valence-corrected chi connectivity index (χ0v) is 10.1. The molecule has 0 aliphatic carbocycles. The summed E-state index contributed by atoms with van der Waals surface area (Å²) in [6.45, 7) is -0.0687. The van der Waals surface area contributed by atoms with E-state index in [-0.39, 0.29) is 24.2 Å². The molecule has 2 rings (SSSR count). The van der Waals surface area contributed by atoms with Gasteiger partial charge in [0.05, 0.1) is 24.2 Å². The summed E-state index contributed by atoms with van der Waals surface area (Å²) in [5.74, 6) is 0. The molecule has 0 saturated carbocycles. The second-order valence-electron chi connectivity index (χ2n) is 3.79. The number of azo groups is 1. The summed E-state index contributed by atoms with van der Waals surface area (Å²) in [4.78, 5) is 52.9. The second kappa shape index (κ2) is 5.73. The molecule has 20 heavy (non-hydrogen) atoms. The van der Waals surface area contributed by atoms with E-state index in [9.17, 15) is 19.2 Å². The monoisotopic (exact) mass is 278 g/mol. The van der Waals surface area contributed by atoms with Gasteiger partial charge in [-0.25, -0.2) is 9.59 Å². The first kappa shape index (κ1) is 13.4. The Bertz CT molecular complexity index is 784. The average Bonchev–Trinajstić information content (AvgIpc) is 2.39. The minimum absolute atomic E-state index is 0.0344. The number of H-pyrrole nitrogens is 4. The highest BCUT2D eigenvalue weighted by atomic mass is 16.2. The van der Waals surface area contributed by atoms with Crippen LogP contribution in [0.3, 0.4) is 0 Å². The first-order valence-corrected chi connectivity index (χ1v) is 5.51. The minimum atomic E-state index is -0.601. The van der Waals surface area contributed by atoms with Gasteiger partial charge >= 0.3 is 11.4 Å². The van der Waals surface area contributed by atoms with Crippen LogP contribution in [-0.4, -0.2) is 19.9 Å². The Balaban J connectivity index is 2.04. The lowest BCUT2D eigenvalue weighted by Gasteiger charge is -1.94. The first-order chi connectivity index (χ1) is 9.56. The van der Waals surface area contributed by atoms with Crippen molar-refractivity contribution in [2.45, 2.75) is 13.1 Å².